The van der Waals surface area contributed by atoms with Crippen LogP contribution in [0, 0.1) is 11.8 Å². The van der Waals surface area contributed by atoms with E-state index < -0.39 is 0 Å². The summed E-state index contributed by atoms with van der Waals surface area (Å²) >= 11 is 0. The van der Waals surface area contributed by atoms with E-state index in [4.69, 9.17) is 0 Å². The van der Waals surface area contributed by atoms with Gasteiger partial charge in [-0.15, -0.1) is 6.58 Å². The van der Waals surface area contributed by atoms with E-state index in [0.29, 0.717) is 12.5 Å². The van der Waals surface area contributed by atoms with Crippen molar-refractivity contribution in [1.82, 2.24) is 9.80 Å². The van der Waals surface area contributed by atoms with Crippen molar-refractivity contribution in [2.24, 2.45) is 11.8 Å². The molecule has 2 aliphatic rings. The second-order valence-electron chi connectivity index (χ2n) is 7.13. The van der Waals surface area contributed by atoms with Crippen LogP contribution in [0.1, 0.15) is 45.4 Å². The van der Waals surface area contributed by atoms with Crippen LogP contribution in [0.5, 0.6) is 0 Å². The summed E-state index contributed by atoms with van der Waals surface area (Å²) in [5, 5.41) is 10.1. The van der Waals surface area contributed by atoms with Crippen LogP contribution in [0.3, 0.4) is 0 Å². The monoisotopic (exact) mass is 308 g/mol. The summed E-state index contributed by atoms with van der Waals surface area (Å²) in [7, 11) is 0. The minimum Gasteiger partial charge on any atom is -0.392 e. The molecule has 4 nitrogen and oxygen atoms in total. The Balaban J connectivity index is 1.79. The van der Waals surface area contributed by atoms with Crippen molar-refractivity contribution in [2.45, 2.75) is 51.6 Å². The Morgan fingerprint density at radius 2 is 2.05 bits per heavy atom. The van der Waals surface area contributed by atoms with Crippen molar-refractivity contribution in [3.05, 3.63) is 12.7 Å². The van der Waals surface area contributed by atoms with E-state index in [1.54, 1.807) is 0 Å². The van der Waals surface area contributed by atoms with E-state index in [1.165, 1.54) is 0 Å². The first kappa shape index (κ1) is 17.5. The molecule has 126 valence electrons. The highest BCUT2D eigenvalue weighted by molar-refractivity contribution is 5.79. The topological polar surface area (TPSA) is 43.8 Å². The van der Waals surface area contributed by atoms with E-state index in [9.17, 15) is 9.90 Å². The van der Waals surface area contributed by atoms with Crippen LogP contribution < -0.4 is 0 Å². The number of aliphatic hydroxyl groups excluding tert-OH is 1. The number of hydrogen-bond acceptors (Lipinski definition) is 3. The van der Waals surface area contributed by atoms with Gasteiger partial charge >= 0.3 is 0 Å². The number of hydrogen-bond donors (Lipinski definition) is 1. The average Bonchev–Trinajstić information content (AvgIpc) is 2.53. The number of piperidine rings is 2. The van der Waals surface area contributed by atoms with Gasteiger partial charge in [0, 0.05) is 26.2 Å². The second kappa shape index (κ2) is 8.68. The van der Waals surface area contributed by atoms with Crippen LogP contribution in [0.2, 0.25) is 0 Å². The Morgan fingerprint density at radius 3 is 2.73 bits per heavy atom. The second-order valence-corrected chi connectivity index (χ2v) is 7.13. The number of aliphatic hydroxyl groups is 1. The number of likely N-dealkylation sites (tertiary alicyclic amines) is 2. The molecule has 1 N–H and O–H groups in total. The third-order valence-electron chi connectivity index (χ3n) is 5.12. The lowest BCUT2D eigenvalue weighted by atomic mass is 9.93. The van der Waals surface area contributed by atoms with E-state index in [-0.39, 0.29) is 12.0 Å². The lowest BCUT2D eigenvalue weighted by molar-refractivity contribution is -0.138. The molecule has 0 bridgehead atoms. The zero-order chi connectivity index (χ0) is 15.9. The fraction of sp³-hybridized carbons (Fsp3) is 0.833. The number of allylic oxidation sites excluding steroid dienone is 1. The van der Waals surface area contributed by atoms with Gasteiger partial charge in [0.05, 0.1) is 12.0 Å². The summed E-state index contributed by atoms with van der Waals surface area (Å²) < 4.78 is 0. The molecule has 4 heteroatoms. The molecule has 0 aromatic heterocycles. The quantitative estimate of drug-likeness (QED) is 0.766. The van der Waals surface area contributed by atoms with Crippen LogP contribution >= 0.6 is 0 Å². The SMILES string of the molecule is C=CCC[C@@H](O)CN1CCC[C@H](C(=O)N2CCC(C)CC2)C1. The summed E-state index contributed by atoms with van der Waals surface area (Å²) in [6.45, 7) is 10.3. The number of carbonyl (C=O) groups is 1. The molecule has 2 aliphatic heterocycles. The summed E-state index contributed by atoms with van der Waals surface area (Å²) in [4.78, 5) is 17.0. The number of rotatable bonds is 6. The summed E-state index contributed by atoms with van der Waals surface area (Å²) in [5.74, 6) is 1.23. The molecule has 0 aromatic rings. The Morgan fingerprint density at radius 1 is 1.32 bits per heavy atom. The molecule has 2 heterocycles. The molecular weight excluding hydrogens is 276 g/mol. The predicted molar refractivity (Wildman–Crippen MR) is 89.6 cm³/mol. The molecule has 2 atom stereocenters. The maximum Gasteiger partial charge on any atom is 0.226 e. The molecule has 0 radical (unpaired) electrons. The first-order chi connectivity index (χ1) is 10.6. The number of nitrogens with zero attached hydrogens (tertiary/aromatic N) is 2. The zero-order valence-corrected chi connectivity index (χ0v) is 14.0. The first-order valence-corrected chi connectivity index (χ1v) is 8.90. The minimum atomic E-state index is -0.303. The molecule has 0 spiro atoms. The van der Waals surface area contributed by atoms with E-state index in [2.05, 4.69) is 23.3 Å². The summed E-state index contributed by atoms with van der Waals surface area (Å²) in [6, 6.07) is 0. The van der Waals surface area contributed by atoms with Crippen molar-refractivity contribution in [3.8, 4) is 0 Å². The lowest BCUT2D eigenvalue weighted by Crippen LogP contribution is -2.48. The van der Waals surface area contributed by atoms with Gasteiger partial charge in [0.2, 0.25) is 5.91 Å². The van der Waals surface area contributed by atoms with Gasteiger partial charge in [-0.25, -0.2) is 0 Å². The predicted octanol–water partition coefficient (Wildman–Crippen LogP) is 2.28. The molecule has 0 aromatic carbocycles. The first-order valence-electron chi connectivity index (χ1n) is 8.90. The molecule has 2 fully saturated rings. The van der Waals surface area contributed by atoms with Crippen LogP contribution in [-0.4, -0.2) is 59.6 Å². The molecule has 0 unspecified atom stereocenters. The molecule has 0 aliphatic carbocycles. The summed E-state index contributed by atoms with van der Waals surface area (Å²) in [6.07, 6.45) is 7.52. The third kappa shape index (κ3) is 5.10. The Kier molecular flexibility index (Phi) is 6.90. The van der Waals surface area contributed by atoms with Crippen molar-refractivity contribution < 1.29 is 9.90 Å². The van der Waals surface area contributed by atoms with E-state index in [1.807, 2.05) is 6.08 Å². The van der Waals surface area contributed by atoms with Gasteiger partial charge in [-0.1, -0.05) is 13.0 Å². The molecule has 2 saturated heterocycles. The summed E-state index contributed by atoms with van der Waals surface area (Å²) in [5.41, 5.74) is 0. The van der Waals surface area contributed by atoms with Gasteiger partial charge in [0.1, 0.15) is 0 Å². The van der Waals surface area contributed by atoms with Crippen LogP contribution in [0.15, 0.2) is 12.7 Å². The Bertz CT molecular complexity index is 364. The molecule has 1 amide bonds. The van der Waals surface area contributed by atoms with Gasteiger partial charge in [0.15, 0.2) is 0 Å². The average molecular weight is 308 g/mol. The fourth-order valence-electron chi connectivity index (χ4n) is 3.61. The Labute approximate surface area is 135 Å². The van der Waals surface area contributed by atoms with E-state index in [0.717, 1.165) is 70.6 Å². The zero-order valence-electron chi connectivity index (χ0n) is 14.0. The minimum absolute atomic E-state index is 0.133. The van der Waals surface area contributed by atoms with E-state index >= 15 is 0 Å². The van der Waals surface area contributed by atoms with Gasteiger partial charge < -0.3 is 10.0 Å². The molecule has 0 saturated carbocycles. The highest BCUT2D eigenvalue weighted by Crippen LogP contribution is 2.23. The van der Waals surface area contributed by atoms with Gasteiger partial charge in [-0.05, 0) is 51.0 Å². The normalized spacial score (nSPS) is 25.9. The van der Waals surface area contributed by atoms with Gasteiger partial charge in [0.25, 0.3) is 0 Å². The maximum absolute atomic E-state index is 12.7. The molecule has 22 heavy (non-hydrogen) atoms. The highest BCUT2D eigenvalue weighted by Gasteiger charge is 2.31. The van der Waals surface area contributed by atoms with Crippen molar-refractivity contribution >= 4 is 5.91 Å². The van der Waals surface area contributed by atoms with Crippen molar-refractivity contribution in [2.75, 3.05) is 32.7 Å². The lowest BCUT2D eigenvalue weighted by Gasteiger charge is -2.37. The number of β-amino-alcohol motifs (C(OH)–C–C–N with tert-alkyl or cyclic N) is 1. The molecular formula is C18H32N2O2. The van der Waals surface area contributed by atoms with Crippen LogP contribution in [0.25, 0.3) is 0 Å². The van der Waals surface area contributed by atoms with Crippen LogP contribution in [0.4, 0.5) is 0 Å². The molecule has 2 rings (SSSR count). The third-order valence-corrected chi connectivity index (χ3v) is 5.12. The standard InChI is InChI=1S/C18H32N2O2/c1-3-4-7-17(21)14-19-10-5-6-16(13-19)18(22)20-11-8-15(2)9-12-20/h3,15-17,21H,1,4-14H2,2H3/t16-,17+/m0/s1. The van der Waals surface area contributed by atoms with Gasteiger partial charge in [-0.2, -0.15) is 0 Å². The van der Waals surface area contributed by atoms with Crippen molar-refractivity contribution in [1.29, 1.82) is 0 Å². The number of carbonyl (C=O) groups excluding carboxylic acids is 1. The van der Waals surface area contributed by atoms with Crippen LogP contribution in [-0.2, 0) is 4.79 Å². The maximum atomic E-state index is 12.7. The smallest absolute Gasteiger partial charge is 0.226 e. The van der Waals surface area contributed by atoms with Gasteiger partial charge in [-0.3, -0.25) is 9.69 Å². The van der Waals surface area contributed by atoms with Crippen molar-refractivity contribution in [3.63, 3.8) is 0 Å². The fourth-order valence-corrected chi connectivity index (χ4v) is 3.61. The highest BCUT2D eigenvalue weighted by atomic mass is 16.3. The Hall–Kier alpha value is -0.870. The largest absolute Gasteiger partial charge is 0.392 e. The number of amides is 1.